The van der Waals surface area contributed by atoms with E-state index >= 15 is 0 Å². The highest BCUT2D eigenvalue weighted by atomic mass is 14.7. The largest absolute Gasteiger partial charge is 0.297 e. The molecule has 0 heterocycles. The first-order valence-electron chi connectivity index (χ1n) is 4.77. The first-order chi connectivity index (χ1) is 5.33. The highest BCUT2D eigenvalue weighted by Crippen LogP contribution is 2.20. The van der Waals surface area contributed by atoms with Crippen molar-refractivity contribution in [2.75, 3.05) is 7.05 Å². The molecule has 0 unspecified atom stereocenters. The van der Waals surface area contributed by atoms with Crippen molar-refractivity contribution < 1.29 is 0 Å². The highest BCUT2D eigenvalue weighted by Gasteiger charge is 2.11. The predicted octanol–water partition coefficient (Wildman–Crippen LogP) is 3.29. The molecule has 1 heteroatoms. The fraction of sp³-hybridized carbons (Fsp3) is 0.900. The second-order valence-corrected chi connectivity index (χ2v) is 2.97. The molecule has 0 amide bonds. The molecule has 1 nitrogen and oxygen atoms in total. The van der Waals surface area contributed by atoms with Gasteiger partial charge in [-0.15, -0.1) is 0 Å². The van der Waals surface area contributed by atoms with E-state index in [4.69, 9.17) is 0 Å². The zero-order chi connectivity index (χ0) is 8.69. The molecule has 1 fully saturated rings. The summed E-state index contributed by atoms with van der Waals surface area (Å²) in [7, 11) is 1.91. The third kappa shape index (κ3) is 4.18. The highest BCUT2D eigenvalue weighted by molar-refractivity contribution is 5.84. The van der Waals surface area contributed by atoms with Gasteiger partial charge in [0, 0.05) is 12.8 Å². The predicted molar refractivity (Wildman–Crippen MR) is 52.3 cm³/mol. The van der Waals surface area contributed by atoms with Gasteiger partial charge in [-0.1, -0.05) is 20.8 Å². The minimum absolute atomic E-state index is 0.940. The molecule has 0 bridgehead atoms. The topological polar surface area (TPSA) is 12.4 Å². The van der Waals surface area contributed by atoms with Gasteiger partial charge >= 0.3 is 0 Å². The third-order valence-corrected chi connectivity index (χ3v) is 2.17. The maximum Gasteiger partial charge on any atom is 0.0276 e. The van der Waals surface area contributed by atoms with Gasteiger partial charge in [0.2, 0.25) is 0 Å². The standard InChI is InChI=1S/C8H15N.C2H6/c1-7-3-5-8(9-2)6-4-7;1-2/h7H,3-6H2,1-2H3;1-2H3. The third-order valence-electron chi connectivity index (χ3n) is 2.17. The van der Waals surface area contributed by atoms with Gasteiger partial charge in [0.15, 0.2) is 0 Å². The smallest absolute Gasteiger partial charge is 0.0276 e. The molecule has 1 saturated carbocycles. The van der Waals surface area contributed by atoms with Crippen LogP contribution in [0, 0.1) is 5.92 Å². The van der Waals surface area contributed by atoms with Gasteiger partial charge in [-0.25, -0.2) is 0 Å². The average Bonchev–Trinajstić information content (AvgIpc) is 2.10. The van der Waals surface area contributed by atoms with Crippen LogP contribution in [0.3, 0.4) is 0 Å². The summed E-state index contributed by atoms with van der Waals surface area (Å²) in [5.74, 6) is 0.940. The van der Waals surface area contributed by atoms with Crippen LogP contribution in [0.15, 0.2) is 4.99 Å². The van der Waals surface area contributed by atoms with Crippen molar-refractivity contribution in [1.29, 1.82) is 0 Å². The Morgan fingerprint density at radius 3 is 2.00 bits per heavy atom. The molecule has 0 aliphatic heterocycles. The van der Waals surface area contributed by atoms with E-state index in [-0.39, 0.29) is 0 Å². The van der Waals surface area contributed by atoms with Crippen molar-refractivity contribution in [2.45, 2.75) is 46.5 Å². The van der Waals surface area contributed by atoms with Crippen molar-refractivity contribution in [2.24, 2.45) is 10.9 Å². The summed E-state index contributed by atoms with van der Waals surface area (Å²) in [6.45, 7) is 6.33. The lowest BCUT2D eigenvalue weighted by Gasteiger charge is -2.18. The van der Waals surface area contributed by atoms with Crippen LogP contribution < -0.4 is 0 Å². The molecule has 0 saturated heterocycles. The Kier molecular flexibility index (Phi) is 6.19. The zero-order valence-corrected chi connectivity index (χ0v) is 8.35. The number of rotatable bonds is 0. The molecular weight excluding hydrogens is 134 g/mol. The minimum atomic E-state index is 0.940. The first-order valence-corrected chi connectivity index (χ1v) is 4.77. The maximum atomic E-state index is 4.20. The number of hydrogen-bond donors (Lipinski definition) is 0. The first kappa shape index (κ1) is 10.7. The fourth-order valence-electron chi connectivity index (χ4n) is 1.32. The molecule has 0 radical (unpaired) electrons. The molecule has 1 rings (SSSR count). The van der Waals surface area contributed by atoms with Crippen LogP contribution in [-0.4, -0.2) is 12.8 Å². The summed E-state index contributed by atoms with van der Waals surface area (Å²) in [4.78, 5) is 4.20. The Balaban J connectivity index is 0.000000461. The molecule has 0 aromatic carbocycles. The molecular formula is C10H21N. The van der Waals surface area contributed by atoms with Crippen LogP contribution in [0.25, 0.3) is 0 Å². The van der Waals surface area contributed by atoms with E-state index in [1.165, 1.54) is 31.4 Å². The molecule has 1 aliphatic carbocycles. The summed E-state index contributed by atoms with van der Waals surface area (Å²) in [6, 6.07) is 0. The van der Waals surface area contributed by atoms with Crippen LogP contribution in [0.4, 0.5) is 0 Å². The van der Waals surface area contributed by atoms with E-state index in [1.807, 2.05) is 20.9 Å². The van der Waals surface area contributed by atoms with E-state index in [2.05, 4.69) is 11.9 Å². The van der Waals surface area contributed by atoms with Crippen molar-refractivity contribution >= 4 is 5.71 Å². The van der Waals surface area contributed by atoms with E-state index in [0.717, 1.165) is 5.92 Å². The Hall–Kier alpha value is -0.330. The SMILES string of the molecule is CC.CN=C1CCC(C)CC1. The monoisotopic (exact) mass is 155 g/mol. The van der Waals surface area contributed by atoms with Crippen molar-refractivity contribution in [1.82, 2.24) is 0 Å². The maximum absolute atomic E-state index is 4.20. The van der Waals surface area contributed by atoms with Crippen LogP contribution >= 0.6 is 0 Å². The molecule has 0 atom stereocenters. The van der Waals surface area contributed by atoms with Gasteiger partial charge in [-0.3, -0.25) is 4.99 Å². The molecule has 0 aromatic heterocycles. The second kappa shape index (κ2) is 6.38. The van der Waals surface area contributed by atoms with Gasteiger partial charge in [0.05, 0.1) is 0 Å². The number of aliphatic imine (C=N–C) groups is 1. The Morgan fingerprint density at radius 2 is 1.64 bits per heavy atom. The zero-order valence-electron chi connectivity index (χ0n) is 8.35. The van der Waals surface area contributed by atoms with Crippen molar-refractivity contribution in [3.05, 3.63) is 0 Å². The summed E-state index contributed by atoms with van der Waals surface area (Å²) < 4.78 is 0. The van der Waals surface area contributed by atoms with Gasteiger partial charge in [0.1, 0.15) is 0 Å². The molecule has 0 spiro atoms. The van der Waals surface area contributed by atoms with Crippen LogP contribution in [0.1, 0.15) is 46.5 Å². The Labute approximate surface area is 70.9 Å². The summed E-state index contributed by atoms with van der Waals surface area (Å²) >= 11 is 0. The molecule has 1 aliphatic rings. The molecule has 0 N–H and O–H groups in total. The van der Waals surface area contributed by atoms with Gasteiger partial charge in [0.25, 0.3) is 0 Å². The summed E-state index contributed by atoms with van der Waals surface area (Å²) in [5, 5.41) is 0. The van der Waals surface area contributed by atoms with Crippen LogP contribution in [0.2, 0.25) is 0 Å². The normalized spacial score (nSPS) is 23.6. The lowest BCUT2D eigenvalue weighted by atomic mass is 9.89. The second-order valence-electron chi connectivity index (χ2n) is 2.97. The van der Waals surface area contributed by atoms with E-state index < -0.39 is 0 Å². The van der Waals surface area contributed by atoms with E-state index in [1.54, 1.807) is 0 Å². The van der Waals surface area contributed by atoms with Crippen LogP contribution in [-0.2, 0) is 0 Å². The van der Waals surface area contributed by atoms with Gasteiger partial charge < -0.3 is 0 Å². The lowest BCUT2D eigenvalue weighted by molar-refractivity contribution is 0.483. The average molecular weight is 155 g/mol. The number of hydrogen-bond acceptors (Lipinski definition) is 1. The van der Waals surface area contributed by atoms with E-state index in [0.29, 0.717) is 0 Å². The Morgan fingerprint density at radius 1 is 1.18 bits per heavy atom. The summed E-state index contributed by atoms with van der Waals surface area (Å²) in [5.41, 5.74) is 1.42. The fourth-order valence-corrected chi connectivity index (χ4v) is 1.32. The molecule has 11 heavy (non-hydrogen) atoms. The molecule has 0 aromatic rings. The van der Waals surface area contributed by atoms with Crippen LogP contribution in [0.5, 0.6) is 0 Å². The van der Waals surface area contributed by atoms with Gasteiger partial charge in [-0.2, -0.15) is 0 Å². The van der Waals surface area contributed by atoms with Gasteiger partial charge in [-0.05, 0) is 31.6 Å². The Bertz CT molecular complexity index is 106. The van der Waals surface area contributed by atoms with Crippen molar-refractivity contribution in [3.63, 3.8) is 0 Å². The van der Waals surface area contributed by atoms with Crippen molar-refractivity contribution in [3.8, 4) is 0 Å². The minimum Gasteiger partial charge on any atom is -0.297 e. The quantitative estimate of drug-likeness (QED) is 0.509. The summed E-state index contributed by atoms with van der Waals surface area (Å²) in [6.07, 6.45) is 5.20. The van der Waals surface area contributed by atoms with E-state index in [9.17, 15) is 0 Å². The number of nitrogens with zero attached hydrogens (tertiary/aromatic N) is 1. The lowest BCUT2D eigenvalue weighted by Crippen LogP contribution is -2.10. The molecule has 66 valence electrons.